The Kier molecular flexibility index (Phi) is 17.5. The van der Waals surface area contributed by atoms with E-state index in [0.717, 1.165) is 38.6 Å². The summed E-state index contributed by atoms with van der Waals surface area (Å²) in [6, 6.07) is 0. The molecule has 8 nitrogen and oxygen atoms in total. The molecular formula is C35H62N2O6. The molecule has 2 heterocycles. The number of piperidine rings is 1. The molecule has 2 unspecified atom stereocenters. The van der Waals surface area contributed by atoms with E-state index in [1.54, 1.807) is 13.8 Å². The molecule has 2 amide bonds. The maximum Gasteiger partial charge on any atom is 0.307 e. The van der Waals surface area contributed by atoms with Crippen molar-refractivity contribution in [3.8, 4) is 0 Å². The SMILES string of the molecule is CCCCCCCCC=CCCCCCCCC(=O)N1CCCC(OC(=O)CCNC(=O)C2OC(C)(C)OCC2(C)C)C1. The third-order valence-corrected chi connectivity index (χ3v) is 8.45. The minimum Gasteiger partial charge on any atom is -0.460 e. The molecule has 0 aromatic rings. The number of ether oxygens (including phenoxy) is 3. The molecule has 2 saturated heterocycles. The highest BCUT2D eigenvalue weighted by molar-refractivity contribution is 5.82. The Bertz CT molecular complexity index is 855. The van der Waals surface area contributed by atoms with Gasteiger partial charge in [-0.15, -0.1) is 0 Å². The molecule has 1 N–H and O–H groups in total. The molecule has 0 aliphatic carbocycles. The lowest BCUT2D eigenvalue weighted by Gasteiger charge is -2.44. The molecule has 0 bridgehead atoms. The maximum atomic E-state index is 12.8. The van der Waals surface area contributed by atoms with E-state index in [0.29, 0.717) is 19.6 Å². The first-order valence-corrected chi connectivity index (χ1v) is 17.3. The van der Waals surface area contributed by atoms with Crippen LogP contribution in [0.4, 0.5) is 0 Å². The lowest BCUT2D eigenvalue weighted by molar-refractivity contribution is -0.304. The van der Waals surface area contributed by atoms with Crippen LogP contribution in [-0.2, 0) is 28.6 Å². The molecule has 2 atom stereocenters. The van der Waals surface area contributed by atoms with E-state index in [2.05, 4.69) is 24.4 Å². The van der Waals surface area contributed by atoms with Gasteiger partial charge >= 0.3 is 5.97 Å². The van der Waals surface area contributed by atoms with Gasteiger partial charge in [-0.25, -0.2) is 0 Å². The van der Waals surface area contributed by atoms with Crippen LogP contribution in [0.25, 0.3) is 0 Å². The number of likely N-dealkylation sites (tertiary alicyclic amines) is 1. The second-order valence-corrected chi connectivity index (χ2v) is 13.6. The zero-order chi connectivity index (χ0) is 31.6. The van der Waals surface area contributed by atoms with Gasteiger partial charge in [-0.2, -0.15) is 0 Å². The van der Waals surface area contributed by atoms with E-state index < -0.39 is 17.3 Å². The second-order valence-electron chi connectivity index (χ2n) is 13.6. The molecule has 2 aliphatic rings. The topological polar surface area (TPSA) is 94.2 Å². The van der Waals surface area contributed by atoms with Crippen molar-refractivity contribution >= 4 is 17.8 Å². The number of carbonyl (C=O) groups is 3. The van der Waals surface area contributed by atoms with Crippen LogP contribution in [0.2, 0.25) is 0 Å². The fraction of sp³-hybridized carbons (Fsp3) is 0.857. The van der Waals surface area contributed by atoms with Crippen LogP contribution < -0.4 is 5.32 Å². The van der Waals surface area contributed by atoms with Gasteiger partial charge in [-0.3, -0.25) is 14.4 Å². The second kappa shape index (κ2) is 20.2. The largest absolute Gasteiger partial charge is 0.460 e. The molecule has 0 aromatic carbocycles. The highest BCUT2D eigenvalue weighted by Gasteiger charge is 2.45. The summed E-state index contributed by atoms with van der Waals surface area (Å²) in [5.74, 6) is -1.28. The fourth-order valence-electron chi connectivity index (χ4n) is 5.71. The Hall–Kier alpha value is -1.93. The van der Waals surface area contributed by atoms with Gasteiger partial charge in [0.2, 0.25) is 11.8 Å². The highest BCUT2D eigenvalue weighted by Crippen LogP contribution is 2.34. The number of hydrogen-bond donors (Lipinski definition) is 1. The molecule has 8 heteroatoms. The monoisotopic (exact) mass is 606 g/mol. The van der Waals surface area contributed by atoms with Gasteiger partial charge in [0.25, 0.3) is 0 Å². The molecule has 0 saturated carbocycles. The first-order chi connectivity index (χ1) is 20.5. The van der Waals surface area contributed by atoms with Crippen molar-refractivity contribution in [1.29, 1.82) is 0 Å². The van der Waals surface area contributed by atoms with Gasteiger partial charge in [-0.05, 0) is 58.8 Å². The van der Waals surface area contributed by atoms with Gasteiger partial charge in [0.15, 0.2) is 5.79 Å². The third-order valence-electron chi connectivity index (χ3n) is 8.45. The minimum atomic E-state index is -0.829. The van der Waals surface area contributed by atoms with Crippen molar-refractivity contribution in [2.45, 2.75) is 162 Å². The highest BCUT2D eigenvalue weighted by atomic mass is 16.7. The zero-order valence-electron chi connectivity index (χ0n) is 28.1. The summed E-state index contributed by atoms with van der Waals surface area (Å²) >= 11 is 0. The van der Waals surface area contributed by atoms with Crippen LogP contribution in [0.3, 0.4) is 0 Å². The van der Waals surface area contributed by atoms with Gasteiger partial charge in [-0.1, -0.05) is 84.3 Å². The van der Waals surface area contributed by atoms with E-state index in [4.69, 9.17) is 14.2 Å². The molecule has 0 spiro atoms. The van der Waals surface area contributed by atoms with Crippen molar-refractivity contribution in [2.75, 3.05) is 26.2 Å². The fourth-order valence-corrected chi connectivity index (χ4v) is 5.71. The summed E-state index contributed by atoms with van der Waals surface area (Å²) < 4.78 is 17.2. The van der Waals surface area contributed by atoms with Gasteiger partial charge in [0.1, 0.15) is 12.2 Å². The molecule has 0 aromatic heterocycles. The van der Waals surface area contributed by atoms with E-state index >= 15 is 0 Å². The Morgan fingerprint density at radius 1 is 0.884 bits per heavy atom. The predicted octanol–water partition coefficient (Wildman–Crippen LogP) is 7.24. The lowest BCUT2D eigenvalue weighted by Crippen LogP contribution is -2.56. The first-order valence-electron chi connectivity index (χ1n) is 17.3. The van der Waals surface area contributed by atoms with E-state index in [1.807, 2.05) is 18.7 Å². The number of nitrogens with one attached hydrogen (secondary N) is 1. The van der Waals surface area contributed by atoms with Crippen LogP contribution in [0.1, 0.15) is 144 Å². The van der Waals surface area contributed by atoms with Gasteiger partial charge < -0.3 is 24.4 Å². The Balaban J connectivity index is 1.52. The van der Waals surface area contributed by atoms with Crippen molar-refractivity contribution in [3.63, 3.8) is 0 Å². The average Bonchev–Trinajstić information content (AvgIpc) is 2.96. The molecule has 0 radical (unpaired) electrons. The number of carbonyl (C=O) groups excluding carboxylic acids is 3. The number of unbranched alkanes of at least 4 members (excludes halogenated alkanes) is 11. The summed E-state index contributed by atoms with van der Waals surface area (Å²) in [7, 11) is 0. The summed E-state index contributed by atoms with van der Waals surface area (Å²) in [5.41, 5.74) is -0.470. The zero-order valence-corrected chi connectivity index (χ0v) is 28.1. The summed E-state index contributed by atoms with van der Waals surface area (Å²) in [6.07, 6.45) is 22.1. The molecule has 2 fully saturated rings. The number of hydrogen-bond acceptors (Lipinski definition) is 6. The average molecular weight is 607 g/mol. The summed E-state index contributed by atoms with van der Waals surface area (Å²) in [5, 5.41) is 2.81. The summed E-state index contributed by atoms with van der Waals surface area (Å²) in [6.45, 7) is 11.5. The van der Waals surface area contributed by atoms with Crippen LogP contribution in [0.15, 0.2) is 12.2 Å². The van der Waals surface area contributed by atoms with Crippen LogP contribution in [-0.4, -0.2) is 66.9 Å². The van der Waals surface area contributed by atoms with Crippen LogP contribution in [0, 0.1) is 5.41 Å². The Morgan fingerprint density at radius 3 is 2.19 bits per heavy atom. The molecule has 2 aliphatic heterocycles. The van der Waals surface area contributed by atoms with Gasteiger partial charge in [0.05, 0.1) is 19.6 Å². The summed E-state index contributed by atoms with van der Waals surface area (Å²) in [4.78, 5) is 39.8. The predicted molar refractivity (Wildman–Crippen MR) is 171 cm³/mol. The normalized spacial score (nSPS) is 21.6. The number of amides is 2. The van der Waals surface area contributed by atoms with Gasteiger partial charge in [0, 0.05) is 24.9 Å². The van der Waals surface area contributed by atoms with Crippen molar-refractivity contribution in [2.24, 2.45) is 5.41 Å². The van der Waals surface area contributed by atoms with E-state index in [1.165, 1.54) is 64.2 Å². The molecule has 248 valence electrons. The quantitative estimate of drug-likeness (QED) is 0.0892. The number of rotatable bonds is 20. The van der Waals surface area contributed by atoms with Crippen molar-refractivity contribution < 1.29 is 28.6 Å². The molecule has 43 heavy (non-hydrogen) atoms. The molecular weight excluding hydrogens is 544 g/mol. The van der Waals surface area contributed by atoms with E-state index in [9.17, 15) is 14.4 Å². The third kappa shape index (κ3) is 15.6. The lowest BCUT2D eigenvalue weighted by atomic mass is 9.85. The number of allylic oxidation sites excluding steroid dienone is 2. The molecule has 2 rings (SSSR count). The Morgan fingerprint density at radius 2 is 1.51 bits per heavy atom. The number of esters is 1. The number of nitrogens with zero attached hydrogens (tertiary/aromatic N) is 1. The first kappa shape index (κ1) is 37.3. The van der Waals surface area contributed by atoms with Crippen molar-refractivity contribution in [1.82, 2.24) is 10.2 Å². The minimum absolute atomic E-state index is 0.0815. The smallest absolute Gasteiger partial charge is 0.307 e. The Labute approximate surface area is 262 Å². The van der Waals surface area contributed by atoms with Crippen LogP contribution >= 0.6 is 0 Å². The van der Waals surface area contributed by atoms with Crippen molar-refractivity contribution in [3.05, 3.63) is 12.2 Å². The van der Waals surface area contributed by atoms with E-state index in [-0.39, 0.29) is 36.9 Å². The maximum absolute atomic E-state index is 12.8. The van der Waals surface area contributed by atoms with Crippen LogP contribution in [0.5, 0.6) is 0 Å². The standard InChI is InChI=1S/C35H62N2O6/c1-6-7-8-9-10-11-12-13-14-15-16-17-18-19-20-23-30(38)37-26-21-22-29(27-37)42-31(39)24-25-36-33(40)32-34(2,3)28-41-35(4,5)43-32/h13-14,29,32H,6-12,15-28H2,1-5H3,(H,36,40).